The molecule has 0 saturated heterocycles. The number of nitrogens with one attached hydrogen (secondary N) is 1. The van der Waals surface area contributed by atoms with Gasteiger partial charge in [0.15, 0.2) is 0 Å². The van der Waals surface area contributed by atoms with Crippen molar-refractivity contribution in [1.29, 1.82) is 5.26 Å². The van der Waals surface area contributed by atoms with E-state index in [0.29, 0.717) is 47.2 Å². The summed E-state index contributed by atoms with van der Waals surface area (Å²) in [6, 6.07) is 10.8. The number of fused-ring (bicyclic) bond motifs is 1. The number of pyridine rings is 2. The number of hydrogen-bond acceptors (Lipinski definition) is 9. The minimum Gasteiger partial charge on any atom is -0.495 e. The van der Waals surface area contributed by atoms with Crippen LogP contribution in [-0.2, 0) is 17.9 Å². The lowest BCUT2D eigenvalue weighted by Crippen LogP contribution is -2.22. The van der Waals surface area contributed by atoms with Crippen LogP contribution in [0.25, 0.3) is 11.4 Å². The zero-order valence-corrected chi connectivity index (χ0v) is 19.1. The van der Waals surface area contributed by atoms with Gasteiger partial charge in [-0.1, -0.05) is 12.1 Å². The second-order valence-corrected chi connectivity index (χ2v) is 7.78. The van der Waals surface area contributed by atoms with E-state index in [-0.39, 0.29) is 12.6 Å². The highest BCUT2D eigenvalue weighted by atomic mass is 16.5. The molecule has 2 N–H and O–H groups in total. The lowest BCUT2D eigenvalue weighted by atomic mass is 9.95. The Labute approximate surface area is 197 Å². The third kappa shape index (κ3) is 4.41. The first kappa shape index (κ1) is 23.2. The highest BCUT2D eigenvalue weighted by Crippen LogP contribution is 2.29. The first-order valence-corrected chi connectivity index (χ1v) is 10.6. The van der Waals surface area contributed by atoms with E-state index < -0.39 is 6.10 Å². The number of aliphatic hydroxyl groups excluding tert-OH is 1. The molecule has 1 aliphatic heterocycles. The number of ether oxygens (including phenoxy) is 3. The van der Waals surface area contributed by atoms with Crippen LogP contribution in [0.5, 0.6) is 11.6 Å². The molecule has 2 aromatic heterocycles. The van der Waals surface area contributed by atoms with Gasteiger partial charge in [-0.3, -0.25) is 4.98 Å². The Bertz CT molecular complexity index is 1290. The van der Waals surface area contributed by atoms with E-state index in [1.807, 2.05) is 25.1 Å². The molecule has 0 aliphatic carbocycles. The van der Waals surface area contributed by atoms with Crippen molar-refractivity contribution >= 4 is 5.97 Å². The van der Waals surface area contributed by atoms with Crippen LogP contribution in [0.3, 0.4) is 0 Å². The molecule has 9 heteroatoms. The molecule has 3 aromatic rings. The standard InChI is InChI=1S/C25H24N4O5/c1-14-17(5-6-18-19(14)13-34-25(18)31)22(30)12-27-10-15-4-7-20(29-24(15)33-3)21-8-23(32-2)16(9-26)11-28-21/h4-8,11,22,27,30H,10,12-13H2,1-3H3/t22-/m0/s1. The van der Waals surface area contributed by atoms with Gasteiger partial charge in [-0.15, -0.1) is 0 Å². The molecule has 174 valence electrons. The predicted octanol–water partition coefficient (Wildman–Crippen LogP) is 2.83. The van der Waals surface area contributed by atoms with Gasteiger partial charge >= 0.3 is 5.97 Å². The van der Waals surface area contributed by atoms with E-state index in [0.717, 1.165) is 22.3 Å². The van der Waals surface area contributed by atoms with Crippen LogP contribution in [-0.4, -0.2) is 41.8 Å². The van der Waals surface area contributed by atoms with Crippen molar-refractivity contribution in [3.05, 3.63) is 69.9 Å². The average molecular weight is 460 g/mol. The minimum absolute atomic E-state index is 0.239. The summed E-state index contributed by atoms with van der Waals surface area (Å²) in [6.07, 6.45) is 0.692. The molecule has 0 radical (unpaired) electrons. The van der Waals surface area contributed by atoms with E-state index in [9.17, 15) is 9.90 Å². The number of benzene rings is 1. The van der Waals surface area contributed by atoms with Crippen molar-refractivity contribution in [3.8, 4) is 29.1 Å². The lowest BCUT2D eigenvalue weighted by Gasteiger charge is -2.17. The second kappa shape index (κ2) is 9.87. The number of nitrogens with zero attached hydrogens (tertiary/aromatic N) is 3. The van der Waals surface area contributed by atoms with Crippen molar-refractivity contribution in [2.24, 2.45) is 0 Å². The van der Waals surface area contributed by atoms with E-state index in [1.54, 1.807) is 18.2 Å². The monoisotopic (exact) mass is 460 g/mol. The molecular weight excluding hydrogens is 436 g/mol. The van der Waals surface area contributed by atoms with Crippen LogP contribution < -0.4 is 14.8 Å². The lowest BCUT2D eigenvalue weighted by molar-refractivity contribution is 0.0535. The fourth-order valence-corrected chi connectivity index (χ4v) is 3.94. The number of aliphatic hydroxyl groups is 1. The zero-order chi connectivity index (χ0) is 24.2. The third-order valence-electron chi connectivity index (χ3n) is 5.82. The second-order valence-electron chi connectivity index (χ2n) is 7.78. The van der Waals surface area contributed by atoms with Gasteiger partial charge in [-0.05, 0) is 30.2 Å². The predicted molar refractivity (Wildman–Crippen MR) is 122 cm³/mol. The maximum atomic E-state index is 11.7. The number of carbonyl (C=O) groups is 1. The molecule has 34 heavy (non-hydrogen) atoms. The van der Waals surface area contributed by atoms with Gasteiger partial charge in [0.25, 0.3) is 0 Å². The zero-order valence-electron chi connectivity index (χ0n) is 19.1. The Hall–Kier alpha value is -4.00. The van der Waals surface area contributed by atoms with Crippen molar-refractivity contribution in [1.82, 2.24) is 15.3 Å². The molecule has 0 bridgehead atoms. The van der Waals surface area contributed by atoms with E-state index in [2.05, 4.69) is 15.3 Å². The van der Waals surface area contributed by atoms with Gasteiger partial charge in [-0.25, -0.2) is 9.78 Å². The van der Waals surface area contributed by atoms with Crippen LogP contribution in [0.1, 0.15) is 44.3 Å². The summed E-state index contributed by atoms with van der Waals surface area (Å²) >= 11 is 0. The SMILES string of the molecule is COc1cc(-c2ccc(CNC[C@H](O)c3ccc4c(c3C)COC4=O)c(OC)n2)ncc1C#N. The van der Waals surface area contributed by atoms with Crippen LogP contribution in [0.2, 0.25) is 0 Å². The fraction of sp³-hybridized carbons (Fsp3) is 0.280. The smallest absolute Gasteiger partial charge is 0.338 e. The topological polar surface area (TPSA) is 127 Å². The normalized spacial score (nSPS) is 13.1. The number of esters is 1. The Morgan fingerprint density at radius 2 is 2.06 bits per heavy atom. The molecule has 0 fully saturated rings. The van der Waals surface area contributed by atoms with E-state index >= 15 is 0 Å². The molecule has 0 unspecified atom stereocenters. The summed E-state index contributed by atoms with van der Waals surface area (Å²) in [5, 5.41) is 23.1. The summed E-state index contributed by atoms with van der Waals surface area (Å²) in [5.41, 5.74) is 5.30. The molecule has 1 aromatic carbocycles. The van der Waals surface area contributed by atoms with Crippen LogP contribution in [0.4, 0.5) is 0 Å². The number of rotatable bonds is 8. The minimum atomic E-state index is -0.755. The van der Waals surface area contributed by atoms with Gasteiger partial charge in [-0.2, -0.15) is 5.26 Å². The summed E-state index contributed by atoms with van der Waals surface area (Å²) in [4.78, 5) is 20.6. The van der Waals surface area contributed by atoms with Gasteiger partial charge in [0, 0.05) is 36.5 Å². The quantitative estimate of drug-likeness (QED) is 0.488. The van der Waals surface area contributed by atoms with Gasteiger partial charge < -0.3 is 24.6 Å². The molecule has 0 amide bonds. The molecule has 4 rings (SSSR count). The van der Waals surface area contributed by atoms with Gasteiger partial charge in [0.2, 0.25) is 5.88 Å². The average Bonchev–Trinajstić information content (AvgIpc) is 3.25. The first-order valence-electron chi connectivity index (χ1n) is 10.6. The summed E-state index contributed by atoms with van der Waals surface area (Å²) in [7, 11) is 3.03. The molecule has 1 aliphatic rings. The van der Waals surface area contributed by atoms with Crippen molar-refractivity contribution in [2.75, 3.05) is 20.8 Å². The van der Waals surface area contributed by atoms with Crippen molar-refractivity contribution < 1.29 is 24.1 Å². The molecule has 3 heterocycles. The number of hydrogen-bond donors (Lipinski definition) is 2. The maximum Gasteiger partial charge on any atom is 0.338 e. The van der Waals surface area contributed by atoms with Gasteiger partial charge in [0.1, 0.15) is 24.0 Å². The summed E-state index contributed by atoms with van der Waals surface area (Å²) in [5.74, 6) is 0.523. The maximum absolute atomic E-state index is 11.7. The number of carbonyl (C=O) groups excluding carboxylic acids is 1. The number of nitriles is 1. The first-order chi connectivity index (χ1) is 16.5. The number of methoxy groups -OCH3 is 2. The van der Waals surface area contributed by atoms with E-state index in [4.69, 9.17) is 19.5 Å². The molecule has 0 spiro atoms. The molecule has 9 nitrogen and oxygen atoms in total. The molecule has 0 saturated carbocycles. The number of aromatic nitrogens is 2. The Morgan fingerprint density at radius 3 is 2.79 bits per heavy atom. The van der Waals surface area contributed by atoms with Crippen molar-refractivity contribution in [3.63, 3.8) is 0 Å². The molecular formula is C25H24N4O5. The Morgan fingerprint density at radius 1 is 1.24 bits per heavy atom. The Balaban J connectivity index is 1.45. The van der Waals surface area contributed by atoms with Crippen LogP contribution >= 0.6 is 0 Å². The largest absolute Gasteiger partial charge is 0.495 e. The fourth-order valence-electron chi connectivity index (χ4n) is 3.94. The van der Waals surface area contributed by atoms with Gasteiger partial charge in [0.05, 0.1) is 37.3 Å². The highest BCUT2D eigenvalue weighted by molar-refractivity contribution is 5.93. The van der Waals surface area contributed by atoms with E-state index in [1.165, 1.54) is 20.4 Å². The summed E-state index contributed by atoms with van der Waals surface area (Å²) < 4.78 is 15.8. The van der Waals surface area contributed by atoms with Crippen LogP contribution in [0.15, 0.2) is 36.5 Å². The molecule has 1 atom stereocenters. The summed E-state index contributed by atoms with van der Waals surface area (Å²) in [6.45, 7) is 2.84. The highest BCUT2D eigenvalue weighted by Gasteiger charge is 2.25. The number of cyclic esters (lactones) is 1. The third-order valence-corrected chi connectivity index (χ3v) is 5.82. The van der Waals surface area contributed by atoms with Crippen molar-refractivity contribution in [2.45, 2.75) is 26.2 Å². The van der Waals surface area contributed by atoms with Crippen LogP contribution in [0, 0.1) is 18.3 Å². The Kier molecular flexibility index (Phi) is 6.72.